The van der Waals surface area contributed by atoms with Crippen LogP contribution in [0.3, 0.4) is 0 Å². The topological polar surface area (TPSA) is 55.1 Å². The molecule has 2 aromatic carbocycles. The largest absolute Gasteiger partial charge is 0.361 e. The van der Waals surface area contributed by atoms with Gasteiger partial charge in [0.05, 0.1) is 12.1 Å². The molecule has 1 aromatic heterocycles. The second-order valence-electron chi connectivity index (χ2n) is 5.35. The molecule has 1 amide bonds. The van der Waals surface area contributed by atoms with Crippen molar-refractivity contribution in [2.24, 2.45) is 0 Å². The Kier molecular flexibility index (Phi) is 4.19. The number of amides is 1. The van der Waals surface area contributed by atoms with Crippen molar-refractivity contribution in [3.8, 4) is 0 Å². The SMILES string of the molecule is Cc1cc(CCNC(=O)Cc2cccc3ccccc23)on1. The molecule has 0 aliphatic carbocycles. The highest BCUT2D eigenvalue weighted by Crippen LogP contribution is 2.18. The summed E-state index contributed by atoms with van der Waals surface area (Å²) in [6.07, 6.45) is 1.04. The summed E-state index contributed by atoms with van der Waals surface area (Å²) in [4.78, 5) is 12.1. The van der Waals surface area contributed by atoms with Gasteiger partial charge in [-0.2, -0.15) is 0 Å². The first-order valence-electron chi connectivity index (χ1n) is 7.38. The van der Waals surface area contributed by atoms with E-state index >= 15 is 0 Å². The second kappa shape index (κ2) is 6.43. The van der Waals surface area contributed by atoms with E-state index in [1.807, 2.05) is 37.3 Å². The molecule has 0 radical (unpaired) electrons. The summed E-state index contributed by atoms with van der Waals surface area (Å²) in [5.74, 6) is 0.815. The fourth-order valence-corrected chi connectivity index (χ4v) is 2.54. The lowest BCUT2D eigenvalue weighted by Crippen LogP contribution is -2.27. The molecule has 3 rings (SSSR count). The van der Waals surface area contributed by atoms with E-state index in [4.69, 9.17) is 4.52 Å². The summed E-state index contributed by atoms with van der Waals surface area (Å²) in [5.41, 5.74) is 1.91. The number of benzene rings is 2. The smallest absolute Gasteiger partial charge is 0.224 e. The number of rotatable bonds is 5. The lowest BCUT2D eigenvalue weighted by Gasteiger charge is -2.07. The van der Waals surface area contributed by atoms with Gasteiger partial charge in [-0.3, -0.25) is 4.79 Å². The molecular formula is C18H18N2O2. The number of nitrogens with zero attached hydrogens (tertiary/aromatic N) is 1. The molecule has 4 nitrogen and oxygen atoms in total. The van der Waals surface area contributed by atoms with Crippen molar-refractivity contribution in [1.29, 1.82) is 0 Å². The molecule has 0 bridgehead atoms. The van der Waals surface area contributed by atoms with Crippen LogP contribution in [0.4, 0.5) is 0 Å². The first-order valence-corrected chi connectivity index (χ1v) is 7.38. The van der Waals surface area contributed by atoms with Gasteiger partial charge in [0.2, 0.25) is 5.91 Å². The maximum absolute atomic E-state index is 12.1. The molecule has 0 aliphatic rings. The molecule has 0 spiro atoms. The Bertz CT molecular complexity index is 787. The van der Waals surface area contributed by atoms with Crippen molar-refractivity contribution in [2.75, 3.05) is 6.54 Å². The summed E-state index contributed by atoms with van der Waals surface area (Å²) >= 11 is 0. The Hall–Kier alpha value is -2.62. The maximum atomic E-state index is 12.1. The van der Waals surface area contributed by atoms with Crippen molar-refractivity contribution in [2.45, 2.75) is 19.8 Å². The van der Waals surface area contributed by atoms with Gasteiger partial charge in [0.15, 0.2) is 0 Å². The molecule has 1 N–H and O–H groups in total. The van der Waals surface area contributed by atoms with E-state index in [0.717, 1.165) is 27.8 Å². The third-order valence-corrected chi connectivity index (χ3v) is 3.60. The number of aryl methyl sites for hydroxylation is 1. The lowest BCUT2D eigenvalue weighted by atomic mass is 10.0. The number of nitrogens with one attached hydrogen (secondary N) is 1. The predicted molar refractivity (Wildman–Crippen MR) is 85.6 cm³/mol. The van der Waals surface area contributed by atoms with Crippen LogP contribution in [0.25, 0.3) is 10.8 Å². The van der Waals surface area contributed by atoms with Crippen molar-refractivity contribution >= 4 is 16.7 Å². The molecule has 0 saturated carbocycles. The lowest BCUT2D eigenvalue weighted by molar-refractivity contribution is -0.120. The molecule has 3 aromatic rings. The summed E-state index contributed by atoms with van der Waals surface area (Å²) in [6.45, 7) is 2.43. The third-order valence-electron chi connectivity index (χ3n) is 3.60. The molecule has 112 valence electrons. The number of carbonyl (C=O) groups excluding carboxylic acids is 1. The van der Waals surface area contributed by atoms with Gasteiger partial charge in [-0.15, -0.1) is 0 Å². The summed E-state index contributed by atoms with van der Waals surface area (Å²) in [6, 6.07) is 16.0. The van der Waals surface area contributed by atoms with Crippen LogP contribution >= 0.6 is 0 Å². The van der Waals surface area contributed by atoms with Gasteiger partial charge < -0.3 is 9.84 Å². The van der Waals surface area contributed by atoms with Crippen LogP contribution in [0.5, 0.6) is 0 Å². The second-order valence-corrected chi connectivity index (χ2v) is 5.35. The first-order chi connectivity index (χ1) is 10.7. The molecule has 0 atom stereocenters. The fourth-order valence-electron chi connectivity index (χ4n) is 2.54. The van der Waals surface area contributed by atoms with Gasteiger partial charge in [0.25, 0.3) is 0 Å². The quantitative estimate of drug-likeness (QED) is 0.787. The number of carbonyl (C=O) groups is 1. The van der Waals surface area contributed by atoms with E-state index in [-0.39, 0.29) is 5.91 Å². The first kappa shape index (κ1) is 14.3. The molecule has 0 aliphatic heterocycles. The zero-order chi connectivity index (χ0) is 15.4. The highest BCUT2D eigenvalue weighted by atomic mass is 16.5. The van der Waals surface area contributed by atoms with Crippen LogP contribution in [-0.2, 0) is 17.6 Å². The molecule has 4 heteroatoms. The molecule has 1 heterocycles. The minimum Gasteiger partial charge on any atom is -0.361 e. The molecule has 0 saturated heterocycles. The highest BCUT2D eigenvalue weighted by Gasteiger charge is 2.07. The number of hydrogen-bond acceptors (Lipinski definition) is 3. The van der Waals surface area contributed by atoms with Crippen LogP contribution < -0.4 is 5.32 Å². The van der Waals surface area contributed by atoms with E-state index in [2.05, 4.69) is 28.7 Å². The van der Waals surface area contributed by atoms with Crippen molar-refractivity contribution < 1.29 is 9.32 Å². The molecule has 0 fully saturated rings. The van der Waals surface area contributed by atoms with Gasteiger partial charge >= 0.3 is 0 Å². The van der Waals surface area contributed by atoms with Crippen LogP contribution in [0, 0.1) is 6.92 Å². The number of fused-ring (bicyclic) bond motifs is 1. The van der Waals surface area contributed by atoms with Crippen molar-refractivity contribution in [1.82, 2.24) is 10.5 Å². The third kappa shape index (κ3) is 3.34. The predicted octanol–water partition coefficient (Wildman–Crippen LogP) is 3.04. The zero-order valence-electron chi connectivity index (χ0n) is 12.5. The average molecular weight is 294 g/mol. The minimum absolute atomic E-state index is 0.0209. The van der Waals surface area contributed by atoms with Gasteiger partial charge in [-0.05, 0) is 23.3 Å². The molecule has 22 heavy (non-hydrogen) atoms. The highest BCUT2D eigenvalue weighted by molar-refractivity contribution is 5.90. The Labute approximate surface area is 129 Å². The van der Waals surface area contributed by atoms with Crippen molar-refractivity contribution in [3.05, 3.63) is 65.5 Å². The molecule has 0 unspecified atom stereocenters. The summed E-state index contributed by atoms with van der Waals surface area (Å²) < 4.78 is 5.12. The van der Waals surface area contributed by atoms with Crippen LogP contribution in [0.1, 0.15) is 17.0 Å². The van der Waals surface area contributed by atoms with Gasteiger partial charge in [0, 0.05) is 19.0 Å². The average Bonchev–Trinajstić information content (AvgIpc) is 2.93. The zero-order valence-corrected chi connectivity index (χ0v) is 12.5. The normalized spacial score (nSPS) is 10.8. The fraction of sp³-hybridized carbons (Fsp3) is 0.222. The molecular weight excluding hydrogens is 276 g/mol. The Morgan fingerprint density at radius 3 is 2.82 bits per heavy atom. The minimum atomic E-state index is 0.0209. The van der Waals surface area contributed by atoms with Crippen LogP contribution in [-0.4, -0.2) is 17.6 Å². The van der Waals surface area contributed by atoms with E-state index in [0.29, 0.717) is 19.4 Å². The van der Waals surface area contributed by atoms with Gasteiger partial charge in [-0.25, -0.2) is 0 Å². The van der Waals surface area contributed by atoms with Gasteiger partial charge in [0.1, 0.15) is 5.76 Å². The van der Waals surface area contributed by atoms with Crippen LogP contribution in [0.15, 0.2) is 53.1 Å². The van der Waals surface area contributed by atoms with Crippen molar-refractivity contribution in [3.63, 3.8) is 0 Å². The van der Waals surface area contributed by atoms with E-state index in [1.165, 1.54) is 0 Å². The maximum Gasteiger partial charge on any atom is 0.224 e. The number of hydrogen-bond donors (Lipinski definition) is 1. The van der Waals surface area contributed by atoms with Crippen LogP contribution in [0.2, 0.25) is 0 Å². The standard InChI is InChI=1S/C18H18N2O2/c1-13-11-16(22-20-13)9-10-19-18(21)12-15-7-4-6-14-5-2-3-8-17(14)15/h2-8,11H,9-10,12H2,1H3,(H,19,21). The van der Waals surface area contributed by atoms with E-state index in [9.17, 15) is 4.79 Å². The van der Waals surface area contributed by atoms with E-state index < -0.39 is 0 Å². The van der Waals surface area contributed by atoms with E-state index in [1.54, 1.807) is 0 Å². The summed E-state index contributed by atoms with van der Waals surface area (Å²) in [5, 5.41) is 9.04. The monoisotopic (exact) mass is 294 g/mol. The summed E-state index contributed by atoms with van der Waals surface area (Å²) in [7, 11) is 0. The Morgan fingerprint density at radius 1 is 1.18 bits per heavy atom. The Morgan fingerprint density at radius 2 is 2.00 bits per heavy atom. The number of aromatic nitrogens is 1. The van der Waals surface area contributed by atoms with Gasteiger partial charge in [-0.1, -0.05) is 47.6 Å². The Balaban J connectivity index is 1.59.